The van der Waals surface area contributed by atoms with E-state index >= 15 is 0 Å². The predicted octanol–water partition coefficient (Wildman–Crippen LogP) is 6.07. The molecule has 3 heterocycles. The Hall–Kier alpha value is -2.44. The lowest BCUT2D eigenvalue weighted by Crippen LogP contribution is -2.17. The molecule has 0 atom stereocenters. The van der Waals surface area contributed by atoms with Crippen molar-refractivity contribution in [3.8, 4) is 10.6 Å². The first-order chi connectivity index (χ1) is 16.3. The zero-order valence-electron chi connectivity index (χ0n) is 18.0. The van der Waals surface area contributed by atoms with Crippen LogP contribution < -0.4 is 5.32 Å². The van der Waals surface area contributed by atoms with Crippen molar-refractivity contribution in [1.29, 1.82) is 0 Å². The van der Waals surface area contributed by atoms with Gasteiger partial charge in [0.15, 0.2) is 5.16 Å². The first-order valence-electron chi connectivity index (χ1n) is 10.5. The largest absolute Gasteiger partial charge is 0.462 e. The Morgan fingerprint density at radius 3 is 2.74 bits per heavy atom. The molecule has 34 heavy (non-hydrogen) atoms. The molecular formula is C22H20F3N3O3S3. The van der Waals surface area contributed by atoms with E-state index in [9.17, 15) is 22.8 Å². The van der Waals surface area contributed by atoms with Crippen LogP contribution in [0.3, 0.4) is 0 Å². The van der Waals surface area contributed by atoms with E-state index in [4.69, 9.17) is 4.74 Å². The number of alkyl halides is 3. The average Bonchev–Trinajstić information content (AvgIpc) is 3.45. The number of thioether (sulfide) groups is 1. The Kier molecular flexibility index (Phi) is 7.58. The second kappa shape index (κ2) is 10.4. The van der Waals surface area contributed by atoms with Gasteiger partial charge in [0.25, 0.3) is 0 Å². The molecule has 0 saturated heterocycles. The summed E-state index contributed by atoms with van der Waals surface area (Å²) in [6, 6.07) is 4.29. The van der Waals surface area contributed by atoms with E-state index in [2.05, 4.69) is 15.3 Å². The van der Waals surface area contributed by atoms with Crippen LogP contribution in [-0.2, 0) is 28.5 Å². The van der Waals surface area contributed by atoms with Crippen molar-refractivity contribution >= 4 is 51.3 Å². The molecule has 0 unspecified atom stereocenters. The molecule has 180 valence electrons. The normalized spacial score (nSPS) is 13.4. The van der Waals surface area contributed by atoms with Gasteiger partial charge in [-0.05, 0) is 55.7 Å². The average molecular weight is 528 g/mol. The minimum absolute atomic E-state index is 0.149. The van der Waals surface area contributed by atoms with Crippen LogP contribution in [0.1, 0.15) is 46.3 Å². The Balaban J connectivity index is 1.52. The molecular weight excluding hydrogens is 507 g/mol. The number of aryl methyl sites for hydroxylation is 1. The van der Waals surface area contributed by atoms with Gasteiger partial charge < -0.3 is 10.1 Å². The number of rotatable bonds is 7. The third-order valence-electron chi connectivity index (χ3n) is 5.01. The van der Waals surface area contributed by atoms with Gasteiger partial charge in [-0.2, -0.15) is 13.2 Å². The van der Waals surface area contributed by atoms with Gasteiger partial charge in [-0.1, -0.05) is 17.8 Å². The van der Waals surface area contributed by atoms with Crippen molar-refractivity contribution in [2.75, 3.05) is 17.7 Å². The van der Waals surface area contributed by atoms with Crippen LogP contribution in [-0.4, -0.2) is 34.2 Å². The molecule has 3 aromatic heterocycles. The van der Waals surface area contributed by atoms with E-state index in [0.717, 1.165) is 54.0 Å². The summed E-state index contributed by atoms with van der Waals surface area (Å²) in [5.74, 6) is -1.16. The van der Waals surface area contributed by atoms with Gasteiger partial charge in [0, 0.05) is 4.88 Å². The molecule has 0 bridgehead atoms. The topological polar surface area (TPSA) is 81.2 Å². The summed E-state index contributed by atoms with van der Waals surface area (Å²) in [4.78, 5) is 34.6. The van der Waals surface area contributed by atoms with Gasteiger partial charge >= 0.3 is 12.1 Å². The third-order valence-corrected chi connectivity index (χ3v) is 7.95. The Morgan fingerprint density at radius 2 is 2.03 bits per heavy atom. The van der Waals surface area contributed by atoms with Crippen LogP contribution in [0.2, 0.25) is 0 Å². The number of hydrogen-bond acceptors (Lipinski definition) is 8. The van der Waals surface area contributed by atoms with E-state index in [-0.39, 0.29) is 23.2 Å². The highest BCUT2D eigenvalue weighted by Gasteiger charge is 2.34. The summed E-state index contributed by atoms with van der Waals surface area (Å²) in [7, 11) is 0. The number of halogens is 3. The van der Waals surface area contributed by atoms with E-state index in [1.807, 2.05) is 0 Å². The maximum Gasteiger partial charge on any atom is 0.433 e. The number of carbonyl (C=O) groups excluding carboxylic acids is 2. The molecule has 6 nitrogen and oxygen atoms in total. The molecule has 0 radical (unpaired) electrons. The molecule has 0 spiro atoms. The fourth-order valence-electron chi connectivity index (χ4n) is 3.55. The first kappa shape index (κ1) is 24.7. The molecule has 0 fully saturated rings. The summed E-state index contributed by atoms with van der Waals surface area (Å²) in [5.41, 5.74) is 0.384. The SMILES string of the molecule is CCOC(=O)c1c(NC(=O)CSc2nc(-c3cccs3)cc(C(F)(F)F)n2)sc2c1CCCC2. The van der Waals surface area contributed by atoms with Gasteiger partial charge in [-0.15, -0.1) is 22.7 Å². The van der Waals surface area contributed by atoms with Crippen LogP contribution in [0.15, 0.2) is 28.7 Å². The molecule has 3 aromatic rings. The minimum Gasteiger partial charge on any atom is -0.462 e. The zero-order chi connectivity index (χ0) is 24.3. The van der Waals surface area contributed by atoms with E-state index < -0.39 is 23.7 Å². The van der Waals surface area contributed by atoms with Gasteiger partial charge in [0.2, 0.25) is 5.91 Å². The number of hydrogen-bond donors (Lipinski definition) is 1. The number of thiophene rings is 2. The second-order valence-corrected chi connectivity index (χ2v) is 10.4. The van der Waals surface area contributed by atoms with Gasteiger partial charge in [-0.3, -0.25) is 4.79 Å². The number of aromatic nitrogens is 2. The van der Waals surface area contributed by atoms with Crippen LogP contribution >= 0.6 is 34.4 Å². The zero-order valence-corrected chi connectivity index (χ0v) is 20.5. The highest BCUT2D eigenvalue weighted by molar-refractivity contribution is 7.99. The van der Waals surface area contributed by atoms with E-state index in [1.54, 1.807) is 24.4 Å². The van der Waals surface area contributed by atoms with Crippen molar-refractivity contribution in [2.24, 2.45) is 0 Å². The lowest BCUT2D eigenvalue weighted by atomic mass is 9.95. The quantitative estimate of drug-likeness (QED) is 0.228. The van der Waals surface area contributed by atoms with Crippen molar-refractivity contribution in [3.05, 3.63) is 45.3 Å². The summed E-state index contributed by atoms with van der Waals surface area (Å²) in [6.45, 7) is 1.93. The Labute approximate surface area is 206 Å². The second-order valence-electron chi connectivity index (χ2n) is 7.37. The molecule has 0 aromatic carbocycles. The van der Waals surface area contributed by atoms with Gasteiger partial charge in [0.05, 0.1) is 28.5 Å². The molecule has 1 aliphatic rings. The fraction of sp³-hybridized carbons (Fsp3) is 0.364. The number of fused-ring (bicyclic) bond motifs is 1. The summed E-state index contributed by atoms with van der Waals surface area (Å²) < 4.78 is 45.2. The molecule has 1 aliphatic carbocycles. The van der Waals surface area contributed by atoms with Crippen molar-refractivity contribution in [1.82, 2.24) is 9.97 Å². The summed E-state index contributed by atoms with van der Waals surface area (Å²) in [5, 5.41) is 4.76. The van der Waals surface area contributed by atoms with Crippen LogP contribution in [0.4, 0.5) is 18.2 Å². The molecule has 1 amide bonds. The minimum atomic E-state index is -4.64. The molecule has 4 rings (SSSR count). The third kappa shape index (κ3) is 5.61. The fourth-order valence-corrected chi connectivity index (χ4v) is 6.19. The summed E-state index contributed by atoms with van der Waals surface area (Å²) >= 11 is 3.42. The van der Waals surface area contributed by atoms with E-state index in [0.29, 0.717) is 15.4 Å². The maximum atomic E-state index is 13.4. The highest BCUT2D eigenvalue weighted by atomic mass is 32.2. The van der Waals surface area contributed by atoms with Crippen molar-refractivity contribution < 1.29 is 27.5 Å². The monoisotopic (exact) mass is 527 g/mol. The van der Waals surface area contributed by atoms with Crippen molar-refractivity contribution in [3.63, 3.8) is 0 Å². The molecule has 0 saturated carbocycles. The lowest BCUT2D eigenvalue weighted by molar-refractivity contribution is -0.141. The lowest BCUT2D eigenvalue weighted by Gasteiger charge is -2.12. The standard InChI is InChI=1S/C22H20F3N3O3S3/c1-2-31-20(30)18-12-6-3-4-7-14(12)34-19(18)28-17(29)11-33-21-26-13(15-8-5-9-32-15)10-16(27-21)22(23,24)25/h5,8-10H,2-4,6-7,11H2,1H3,(H,28,29). The van der Waals surface area contributed by atoms with E-state index in [1.165, 1.54) is 22.7 Å². The number of amides is 1. The first-order valence-corrected chi connectivity index (χ1v) is 13.2. The molecule has 1 N–H and O–H groups in total. The van der Waals surface area contributed by atoms with Gasteiger partial charge in [-0.25, -0.2) is 14.8 Å². The number of carbonyl (C=O) groups is 2. The number of ether oxygens (including phenoxy) is 1. The van der Waals surface area contributed by atoms with Crippen LogP contribution in [0.5, 0.6) is 0 Å². The van der Waals surface area contributed by atoms with Crippen LogP contribution in [0, 0.1) is 0 Å². The number of nitrogens with zero attached hydrogens (tertiary/aromatic N) is 2. The Bertz CT molecular complexity index is 1190. The predicted molar refractivity (Wildman–Crippen MR) is 127 cm³/mol. The summed E-state index contributed by atoms with van der Waals surface area (Å²) in [6.07, 6.45) is -1.09. The number of anilines is 1. The van der Waals surface area contributed by atoms with Crippen LogP contribution in [0.25, 0.3) is 10.6 Å². The molecule has 12 heteroatoms. The van der Waals surface area contributed by atoms with Crippen molar-refractivity contribution in [2.45, 2.75) is 43.9 Å². The van der Waals surface area contributed by atoms with Gasteiger partial charge in [0.1, 0.15) is 10.7 Å². The maximum absolute atomic E-state index is 13.4. The Morgan fingerprint density at radius 1 is 1.24 bits per heavy atom. The molecule has 0 aliphatic heterocycles. The number of nitrogens with one attached hydrogen (secondary N) is 1. The highest BCUT2D eigenvalue weighted by Crippen LogP contribution is 2.39. The smallest absolute Gasteiger partial charge is 0.433 e. The number of esters is 1.